The summed E-state index contributed by atoms with van der Waals surface area (Å²) in [6.45, 7) is 3.55. The Morgan fingerprint density at radius 3 is 2.72 bits per heavy atom. The van der Waals surface area contributed by atoms with E-state index in [1.165, 1.54) is 0 Å². The van der Waals surface area contributed by atoms with Crippen molar-refractivity contribution in [3.63, 3.8) is 0 Å². The zero-order chi connectivity index (χ0) is 13.5. The zero-order valence-corrected chi connectivity index (χ0v) is 12.9. The number of alkyl halides is 1. The average molecular weight is 335 g/mol. The topological polar surface area (TPSA) is 29.5 Å². The van der Waals surface area contributed by atoms with E-state index >= 15 is 0 Å². The molecule has 0 N–H and O–H groups in total. The second-order valence-electron chi connectivity index (χ2n) is 3.96. The molecule has 0 aliphatic rings. The molecule has 0 aliphatic heterocycles. The van der Waals surface area contributed by atoms with E-state index < -0.39 is 0 Å². The Kier molecular flexibility index (Phi) is 6.68. The molecule has 100 valence electrons. The number of nitrogens with zero attached hydrogens (tertiary/aromatic N) is 1. The summed E-state index contributed by atoms with van der Waals surface area (Å²) in [6, 6.07) is 5.69. The molecule has 18 heavy (non-hydrogen) atoms. The molecule has 1 aromatic carbocycles. The monoisotopic (exact) mass is 333 g/mol. The number of hydrogen-bond donors (Lipinski definition) is 0. The number of ether oxygens (including phenoxy) is 1. The van der Waals surface area contributed by atoms with Crippen LogP contribution in [0.25, 0.3) is 0 Å². The van der Waals surface area contributed by atoms with Crippen LogP contribution < -0.4 is 0 Å². The SMILES string of the molecule is COCCN(CCCl)C(=O)c1ccc(C)cc1Br. The summed E-state index contributed by atoms with van der Waals surface area (Å²) in [7, 11) is 1.62. The van der Waals surface area contributed by atoms with Gasteiger partial charge in [0, 0.05) is 30.6 Å². The molecule has 5 heteroatoms. The second kappa shape index (κ2) is 7.77. The van der Waals surface area contributed by atoms with Gasteiger partial charge in [-0.1, -0.05) is 6.07 Å². The van der Waals surface area contributed by atoms with Crippen molar-refractivity contribution in [3.8, 4) is 0 Å². The Bertz CT molecular complexity index is 412. The maximum Gasteiger partial charge on any atom is 0.255 e. The summed E-state index contributed by atoms with van der Waals surface area (Å²) in [5.74, 6) is 0.387. The first-order valence-corrected chi connectivity index (χ1v) is 7.03. The summed E-state index contributed by atoms with van der Waals surface area (Å²) >= 11 is 9.15. The number of hydrogen-bond acceptors (Lipinski definition) is 2. The fourth-order valence-electron chi connectivity index (χ4n) is 1.58. The summed E-state index contributed by atoms with van der Waals surface area (Å²) in [4.78, 5) is 14.1. The molecular weight excluding hydrogens is 318 g/mol. The Morgan fingerprint density at radius 2 is 2.17 bits per heavy atom. The highest BCUT2D eigenvalue weighted by Gasteiger charge is 2.17. The van der Waals surface area contributed by atoms with E-state index in [1.807, 2.05) is 25.1 Å². The van der Waals surface area contributed by atoms with Gasteiger partial charge in [0.15, 0.2) is 0 Å². The number of carbonyl (C=O) groups is 1. The number of halogens is 2. The predicted octanol–water partition coefficient (Wildman–Crippen LogP) is 3.08. The molecule has 0 unspecified atom stereocenters. The first-order valence-electron chi connectivity index (χ1n) is 5.70. The van der Waals surface area contributed by atoms with Gasteiger partial charge in [0.05, 0.1) is 12.2 Å². The lowest BCUT2D eigenvalue weighted by Gasteiger charge is -2.22. The number of methoxy groups -OCH3 is 1. The number of amides is 1. The number of benzene rings is 1. The lowest BCUT2D eigenvalue weighted by Crippen LogP contribution is -2.35. The average Bonchev–Trinajstić information content (AvgIpc) is 2.33. The molecule has 0 aliphatic carbocycles. The minimum absolute atomic E-state index is 0.0282. The van der Waals surface area contributed by atoms with Gasteiger partial charge in [0.2, 0.25) is 0 Å². The molecule has 0 saturated heterocycles. The van der Waals surface area contributed by atoms with Crippen molar-refractivity contribution in [2.24, 2.45) is 0 Å². The van der Waals surface area contributed by atoms with E-state index in [0.29, 0.717) is 31.1 Å². The standard InChI is InChI=1S/C13H17BrClNO2/c1-10-3-4-11(12(14)9-10)13(17)16(6-5-15)7-8-18-2/h3-4,9H,5-8H2,1-2H3. The van der Waals surface area contributed by atoms with E-state index in [2.05, 4.69) is 15.9 Å². The van der Waals surface area contributed by atoms with Crippen molar-refractivity contribution in [2.75, 3.05) is 32.7 Å². The van der Waals surface area contributed by atoms with Crippen molar-refractivity contribution >= 4 is 33.4 Å². The first kappa shape index (κ1) is 15.5. The molecule has 3 nitrogen and oxygen atoms in total. The molecule has 0 atom stereocenters. The largest absolute Gasteiger partial charge is 0.383 e. The third-order valence-electron chi connectivity index (χ3n) is 2.56. The Morgan fingerprint density at radius 1 is 1.44 bits per heavy atom. The van der Waals surface area contributed by atoms with Crippen LogP contribution in [0.15, 0.2) is 22.7 Å². The van der Waals surface area contributed by atoms with Crippen molar-refractivity contribution in [3.05, 3.63) is 33.8 Å². The van der Waals surface area contributed by atoms with Gasteiger partial charge in [-0.2, -0.15) is 0 Å². The van der Waals surface area contributed by atoms with Gasteiger partial charge in [0.1, 0.15) is 0 Å². The minimum atomic E-state index is -0.0282. The quantitative estimate of drug-likeness (QED) is 0.748. The van der Waals surface area contributed by atoms with Gasteiger partial charge in [-0.25, -0.2) is 0 Å². The molecule has 1 amide bonds. The maximum absolute atomic E-state index is 12.4. The summed E-state index contributed by atoms with van der Waals surface area (Å²) in [5.41, 5.74) is 1.76. The van der Waals surface area contributed by atoms with Crippen LogP contribution in [0.4, 0.5) is 0 Å². The zero-order valence-electron chi connectivity index (χ0n) is 10.6. The lowest BCUT2D eigenvalue weighted by molar-refractivity contribution is 0.0707. The molecule has 0 aromatic heterocycles. The summed E-state index contributed by atoms with van der Waals surface area (Å²) < 4.78 is 5.82. The number of aryl methyl sites for hydroxylation is 1. The Balaban J connectivity index is 2.87. The van der Waals surface area contributed by atoms with Crippen molar-refractivity contribution in [2.45, 2.75) is 6.92 Å². The highest BCUT2D eigenvalue weighted by atomic mass is 79.9. The van der Waals surface area contributed by atoms with E-state index in [9.17, 15) is 4.79 Å². The Hall–Kier alpha value is -0.580. The van der Waals surface area contributed by atoms with E-state index in [1.54, 1.807) is 12.0 Å². The fraction of sp³-hybridized carbons (Fsp3) is 0.462. The van der Waals surface area contributed by atoms with Gasteiger partial charge >= 0.3 is 0 Å². The highest BCUT2D eigenvalue weighted by molar-refractivity contribution is 9.10. The highest BCUT2D eigenvalue weighted by Crippen LogP contribution is 2.20. The third kappa shape index (κ3) is 4.26. The van der Waals surface area contributed by atoms with Gasteiger partial charge in [-0.05, 0) is 40.5 Å². The number of rotatable bonds is 6. The normalized spacial score (nSPS) is 10.4. The number of carbonyl (C=O) groups excluding carboxylic acids is 1. The van der Waals surface area contributed by atoms with Crippen LogP contribution in [0, 0.1) is 6.92 Å². The molecule has 0 heterocycles. The van der Waals surface area contributed by atoms with Crippen molar-refractivity contribution in [1.82, 2.24) is 4.90 Å². The van der Waals surface area contributed by atoms with Crippen molar-refractivity contribution in [1.29, 1.82) is 0 Å². The van der Waals surface area contributed by atoms with Crippen LogP contribution in [0.2, 0.25) is 0 Å². The minimum Gasteiger partial charge on any atom is -0.383 e. The van der Waals surface area contributed by atoms with E-state index in [-0.39, 0.29) is 5.91 Å². The van der Waals surface area contributed by atoms with E-state index in [4.69, 9.17) is 16.3 Å². The molecule has 0 bridgehead atoms. The molecule has 0 saturated carbocycles. The smallest absolute Gasteiger partial charge is 0.255 e. The van der Waals surface area contributed by atoms with Crippen molar-refractivity contribution < 1.29 is 9.53 Å². The van der Waals surface area contributed by atoms with Gasteiger partial charge in [-0.15, -0.1) is 11.6 Å². The van der Waals surface area contributed by atoms with E-state index in [0.717, 1.165) is 10.0 Å². The van der Waals surface area contributed by atoms with Crippen LogP contribution in [0.3, 0.4) is 0 Å². The van der Waals surface area contributed by atoms with Gasteiger partial charge in [0.25, 0.3) is 5.91 Å². The second-order valence-corrected chi connectivity index (χ2v) is 5.19. The molecule has 0 spiro atoms. The molecule has 1 aromatic rings. The lowest BCUT2D eigenvalue weighted by atomic mass is 10.1. The third-order valence-corrected chi connectivity index (χ3v) is 3.39. The summed E-state index contributed by atoms with van der Waals surface area (Å²) in [6.07, 6.45) is 0. The Labute approximate surface area is 121 Å². The van der Waals surface area contributed by atoms with Gasteiger partial charge in [-0.3, -0.25) is 4.79 Å². The van der Waals surface area contributed by atoms with Crippen LogP contribution in [-0.2, 0) is 4.74 Å². The van der Waals surface area contributed by atoms with Crippen LogP contribution in [-0.4, -0.2) is 43.5 Å². The van der Waals surface area contributed by atoms with Crippen LogP contribution >= 0.6 is 27.5 Å². The molecule has 0 radical (unpaired) electrons. The maximum atomic E-state index is 12.4. The molecule has 0 fully saturated rings. The summed E-state index contributed by atoms with van der Waals surface area (Å²) in [5, 5.41) is 0. The van der Waals surface area contributed by atoms with Crippen LogP contribution in [0.1, 0.15) is 15.9 Å². The predicted molar refractivity (Wildman–Crippen MR) is 77.4 cm³/mol. The molecular formula is C13H17BrClNO2. The van der Waals surface area contributed by atoms with Crippen LogP contribution in [0.5, 0.6) is 0 Å². The van der Waals surface area contributed by atoms with Gasteiger partial charge < -0.3 is 9.64 Å². The fourth-order valence-corrected chi connectivity index (χ4v) is 2.45. The molecule has 1 rings (SSSR count). The first-order chi connectivity index (χ1) is 8.60.